The molecule has 0 aromatic heterocycles. The number of methoxy groups -OCH3 is 1. The van der Waals surface area contributed by atoms with Crippen molar-refractivity contribution in [2.24, 2.45) is 11.8 Å². The third-order valence-corrected chi connectivity index (χ3v) is 3.32. The van der Waals surface area contributed by atoms with Crippen LogP contribution in [0.3, 0.4) is 0 Å². The molecule has 0 aliphatic rings. The first-order chi connectivity index (χ1) is 7.95. The first-order valence-electron chi connectivity index (χ1n) is 5.96. The van der Waals surface area contributed by atoms with Crippen LogP contribution in [0.1, 0.15) is 26.3 Å². The summed E-state index contributed by atoms with van der Waals surface area (Å²) in [4.78, 5) is 0. The standard InChI is InChI=1S/C14H21FO2/c1-9(2)10(3)13(16)8-11-5-6-14(17-4)12(15)7-11/h5-7,9-10,13,16H,8H2,1-4H3. The summed E-state index contributed by atoms with van der Waals surface area (Å²) in [6.07, 6.45) is 0.0306. The van der Waals surface area contributed by atoms with E-state index in [1.807, 2.05) is 6.92 Å². The number of halogens is 1. The molecule has 1 aromatic carbocycles. The number of aliphatic hydroxyl groups is 1. The molecule has 0 saturated heterocycles. The molecular weight excluding hydrogens is 219 g/mol. The summed E-state index contributed by atoms with van der Waals surface area (Å²) in [5.41, 5.74) is 0.795. The number of ether oxygens (including phenoxy) is 1. The van der Waals surface area contributed by atoms with Gasteiger partial charge in [-0.1, -0.05) is 26.8 Å². The summed E-state index contributed by atoms with van der Waals surface area (Å²) in [5, 5.41) is 10.0. The lowest BCUT2D eigenvalue weighted by molar-refractivity contribution is 0.0921. The Labute approximate surface area is 102 Å². The van der Waals surface area contributed by atoms with Crippen molar-refractivity contribution in [1.29, 1.82) is 0 Å². The van der Waals surface area contributed by atoms with Gasteiger partial charge in [-0.25, -0.2) is 4.39 Å². The van der Waals surface area contributed by atoms with Crippen molar-refractivity contribution in [3.8, 4) is 5.75 Å². The maximum Gasteiger partial charge on any atom is 0.165 e. The van der Waals surface area contributed by atoms with E-state index in [-0.39, 0.29) is 17.5 Å². The fourth-order valence-corrected chi connectivity index (χ4v) is 1.71. The molecule has 2 unspecified atom stereocenters. The van der Waals surface area contributed by atoms with Crippen LogP contribution in [0.25, 0.3) is 0 Å². The molecule has 0 heterocycles. The molecule has 0 aliphatic heterocycles. The lowest BCUT2D eigenvalue weighted by Crippen LogP contribution is -2.24. The Morgan fingerprint density at radius 2 is 1.94 bits per heavy atom. The lowest BCUT2D eigenvalue weighted by Gasteiger charge is -2.22. The smallest absolute Gasteiger partial charge is 0.165 e. The second-order valence-corrected chi connectivity index (χ2v) is 4.84. The lowest BCUT2D eigenvalue weighted by atomic mass is 9.89. The van der Waals surface area contributed by atoms with E-state index < -0.39 is 6.10 Å². The fourth-order valence-electron chi connectivity index (χ4n) is 1.71. The van der Waals surface area contributed by atoms with E-state index in [1.165, 1.54) is 13.2 Å². The Kier molecular flexibility index (Phi) is 4.94. The van der Waals surface area contributed by atoms with E-state index in [0.717, 1.165) is 5.56 Å². The van der Waals surface area contributed by atoms with Gasteiger partial charge in [-0.15, -0.1) is 0 Å². The highest BCUT2D eigenvalue weighted by atomic mass is 19.1. The van der Waals surface area contributed by atoms with Crippen LogP contribution in [0.15, 0.2) is 18.2 Å². The highest BCUT2D eigenvalue weighted by Gasteiger charge is 2.18. The minimum atomic E-state index is -0.442. The average molecular weight is 240 g/mol. The molecule has 1 aromatic rings. The van der Waals surface area contributed by atoms with Crippen molar-refractivity contribution < 1.29 is 14.2 Å². The van der Waals surface area contributed by atoms with Crippen LogP contribution in [0.5, 0.6) is 5.75 Å². The Balaban J connectivity index is 2.72. The monoisotopic (exact) mass is 240 g/mol. The second kappa shape index (κ2) is 6.01. The summed E-state index contributed by atoms with van der Waals surface area (Å²) in [6, 6.07) is 4.81. The van der Waals surface area contributed by atoms with Crippen molar-refractivity contribution in [2.45, 2.75) is 33.3 Å². The molecule has 0 spiro atoms. The van der Waals surface area contributed by atoms with Crippen LogP contribution < -0.4 is 4.74 Å². The van der Waals surface area contributed by atoms with Crippen LogP contribution in [0, 0.1) is 17.7 Å². The normalized spacial score (nSPS) is 14.8. The molecule has 0 saturated carbocycles. The third kappa shape index (κ3) is 3.70. The van der Waals surface area contributed by atoms with E-state index in [1.54, 1.807) is 12.1 Å². The van der Waals surface area contributed by atoms with Crippen molar-refractivity contribution in [3.05, 3.63) is 29.6 Å². The Bertz CT molecular complexity index is 363. The zero-order valence-electron chi connectivity index (χ0n) is 10.9. The predicted molar refractivity (Wildman–Crippen MR) is 66.7 cm³/mol. The van der Waals surface area contributed by atoms with Crippen LogP contribution in [0.4, 0.5) is 4.39 Å². The summed E-state index contributed by atoms with van der Waals surface area (Å²) in [6.45, 7) is 6.15. The predicted octanol–water partition coefficient (Wildman–Crippen LogP) is 3.03. The van der Waals surface area contributed by atoms with Crippen LogP contribution in [0.2, 0.25) is 0 Å². The number of benzene rings is 1. The van der Waals surface area contributed by atoms with Crippen LogP contribution in [-0.4, -0.2) is 18.3 Å². The summed E-state index contributed by atoms with van der Waals surface area (Å²) in [7, 11) is 1.44. The molecular formula is C14H21FO2. The molecule has 1 rings (SSSR count). The number of rotatable bonds is 5. The second-order valence-electron chi connectivity index (χ2n) is 4.84. The molecule has 3 heteroatoms. The largest absolute Gasteiger partial charge is 0.494 e. The number of aliphatic hydroxyl groups excluding tert-OH is 1. The summed E-state index contributed by atoms with van der Waals surface area (Å²) >= 11 is 0. The highest BCUT2D eigenvalue weighted by molar-refractivity contribution is 5.29. The minimum absolute atomic E-state index is 0.195. The van der Waals surface area contributed by atoms with Crippen molar-refractivity contribution in [3.63, 3.8) is 0 Å². The molecule has 17 heavy (non-hydrogen) atoms. The van der Waals surface area contributed by atoms with Gasteiger partial charge in [-0.2, -0.15) is 0 Å². The SMILES string of the molecule is COc1ccc(CC(O)C(C)C(C)C)cc1F. The van der Waals surface area contributed by atoms with Gasteiger partial charge >= 0.3 is 0 Å². The maximum atomic E-state index is 13.5. The minimum Gasteiger partial charge on any atom is -0.494 e. The van der Waals surface area contributed by atoms with E-state index in [0.29, 0.717) is 12.3 Å². The van der Waals surface area contributed by atoms with E-state index in [9.17, 15) is 9.50 Å². The molecule has 2 nitrogen and oxygen atoms in total. The number of hydrogen-bond acceptors (Lipinski definition) is 2. The molecule has 0 fully saturated rings. The molecule has 96 valence electrons. The fraction of sp³-hybridized carbons (Fsp3) is 0.571. The molecule has 1 N–H and O–H groups in total. The van der Waals surface area contributed by atoms with Crippen molar-refractivity contribution >= 4 is 0 Å². The van der Waals surface area contributed by atoms with Gasteiger partial charge in [0.15, 0.2) is 11.6 Å². The summed E-state index contributed by atoms with van der Waals surface area (Å²) in [5.74, 6) is 0.461. The topological polar surface area (TPSA) is 29.5 Å². The first-order valence-corrected chi connectivity index (χ1v) is 5.96. The first kappa shape index (κ1) is 14.0. The van der Waals surface area contributed by atoms with E-state index in [4.69, 9.17) is 4.74 Å². The van der Waals surface area contributed by atoms with Gasteiger partial charge in [0.2, 0.25) is 0 Å². The van der Waals surface area contributed by atoms with Crippen LogP contribution in [-0.2, 0) is 6.42 Å². The maximum absolute atomic E-state index is 13.5. The zero-order chi connectivity index (χ0) is 13.0. The van der Waals surface area contributed by atoms with Gasteiger partial charge in [0.05, 0.1) is 13.2 Å². The van der Waals surface area contributed by atoms with E-state index in [2.05, 4.69) is 13.8 Å². The van der Waals surface area contributed by atoms with Gasteiger partial charge in [0.1, 0.15) is 0 Å². The Morgan fingerprint density at radius 1 is 1.29 bits per heavy atom. The zero-order valence-corrected chi connectivity index (χ0v) is 10.9. The van der Waals surface area contributed by atoms with Crippen molar-refractivity contribution in [2.75, 3.05) is 7.11 Å². The molecule has 0 radical (unpaired) electrons. The molecule has 0 bridgehead atoms. The average Bonchev–Trinajstić information content (AvgIpc) is 2.28. The van der Waals surface area contributed by atoms with Gasteiger partial charge in [-0.3, -0.25) is 0 Å². The molecule has 0 aliphatic carbocycles. The van der Waals surface area contributed by atoms with Gasteiger partial charge in [0, 0.05) is 0 Å². The highest BCUT2D eigenvalue weighted by Crippen LogP contribution is 2.22. The quantitative estimate of drug-likeness (QED) is 0.857. The van der Waals surface area contributed by atoms with Gasteiger partial charge in [-0.05, 0) is 36.0 Å². The van der Waals surface area contributed by atoms with Crippen LogP contribution >= 0.6 is 0 Å². The summed E-state index contributed by atoms with van der Waals surface area (Å²) < 4.78 is 18.3. The van der Waals surface area contributed by atoms with E-state index >= 15 is 0 Å². The Hall–Kier alpha value is -1.09. The van der Waals surface area contributed by atoms with Gasteiger partial charge < -0.3 is 9.84 Å². The van der Waals surface area contributed by atoms with Gasteiger partial charge in [0.25, 0.3) is 0 Å². The molecule has 0 amide bonds. The van der Waals surface area contributed by atoms with Crippen molar-refractivity contribution in [1.82, 2.24) is 0 Å². The third-order valence-electron chi connectivity index (χ3n) is 3.32. The molecule has 2 atom stereocenters. The Morgan fingerprint density at radius 3 is 2.41 bits per heavy atom. The number of hydrogen-bond donors (Lipinski definition) is 1.